The molecule has 1 aliphatic heterocycles. The summed E-state index contributed by atoms with van der Waals surface area (Å²) in [5, 5.41) is 9.88. The smallest absolute Gasteiger partial charge is 0.330 e. The molecule has 0 amide bonds. The monoisotopic (exact) mass is 318 g/mol. The van der Waals surface area contributed by atoms with E-state index >= 15 is 0 Å². The van der Waals surface area contributed by atoms with E-state index in [2.05, 4.69) is 14.7 Å². The first-order valence-electron chi connectivity index (χ1n) is 7.27. The molecule has 1 unspecified atom stereocenters. The van der Waals surface area contributed by atoms with Gasteiger partial charge in [-0.05, 0) is 18.9 Å². The zero-order chi connectivity index (χ0) is 16.4. The molecule has 8 heteroatoms. The van der Waals surface area contributed by atoms with E-state index in [1.165, 1.54) is 19.5 Å². The number of hydrogen-bond acceptors (Lipinski definition) is 7. The maximum absolute atomic E-state index is 11.3. The Kier molecular flexibility index (Phi) is 4.26. The van der Waals surface area contributed by atoms with Crippen molar-refractivity contribution < 1.29 is 19.4 Å². The van der Waals surface area contributed by atoms with Crippen LogP contribution in [0.15, 0.2) is 18.6 Å². The molecule has 23 heavy (non-hydrogen) atoms. The van der Waals surface area contributed by atoms with Gasteiger partial charge in [0.05, 0.1) is 25.2 Å². The SMILES string of the molecule is COC(=O)/C=C/c1cn(C2CC[C@@H](CO)O2)c2ncnc(N)c12. The Morgan fingerprint density at radius 1 is 1.57 bits per heavy atom. The number of fused-ring (bicyclic) bond motifs is 1. The number of carbonyl (C=O) groups is 1. The number of ether oxygens (including phenoxy) is 2. The van der Waals surface area contributed by atoms with E-state index in [-0.39, 0.29) is 18.9 Å². The highest BCUT2D eigenvalue weighted by Gasteiger charge is 2.28. The molecular formula is C15H18N4O4. The number of methoxy groups -OCH3 is 1. The summed E-state index contributed by atoms with van der Waals surface area (Å²) < 4.78 is 12.3. The highest BCUT2D eigenvalue weighted by Crippen LogP contribution is 2.34. The van der Waals surface area contributed by atoms with Gasteiger partial charge in [0.1, 0.15) is 24.0 Å². The molecule has 0 aromatic carbocycles. The lowest BCUT2D eigenvalue weighted by atomic mass is 10.2. The van der Waals surface area contributed by atoms with Crippen molar-refractivity contribution in [2.75, 3.05) is 19.5 Å². The third-order valence-corrected chi connectivity index (χ3v) is 3.87. The van der Waals surface area contributed by atoms with E-state index in [4.69, 9.17) is 10.5 Å². The Bertz CT molecular complexity index is 755. The second-order valence-electron chi connectivity index (χ2n) is 5.28. The molecule has 3 N–H and O–H groups in total. The Morgan fingerprint density at radius 2 is 2.39 bits per heavy atom. The van der Waals surface area contributed by atoms with Crippen LogP contribution in [0.2, 0.25) is 0 Å². The van der Waals surface area contributed by atoms with Gasteiger partial charge in [0.2, 0.25) is 0 Å². The number of aromatic nitrogens is 3. The summed E-state index contributed by atoms with van der Waals surface area (Å²) in [4.78, 5) is 19.6. The van der Waals surface area contributed by atoms with Crippen molar-refractivity contribution in [3.05, 3.63) is 24.2 Å². The predicted molar refractivity (Wildman–Crippen MR) is 83.2 cm³/mol. The number of nitrogen functional groups attached to an aromatic ring is 1. The zero-order valence-electron chi connectivity index (χ0n) is 12.7. The Hall–Kier alpha value is -2.45. The van der Waals surface area contributed by atoms with Gasteiger partial charge in [-0.1, -0.05) is 0 Å². The molecule has 1 saturated heterocycles. The molecule has 2 aromatic rings. The van der Waals surface area contributed by atoms with Gasteiger partial charge in [-0.2, -0.15) is 0 Å². The van der Waals surface area contributed by atoms with E-state index in [1.807, 2.05) is 10.8 Å². The van der Waals surface area contributed by atoms with Crippen molar-refractivity contribution in [3.8, 4) is 0 Å². The molecule has 0 bridgehead atoms. The molecular weight excluding hydrogens is 300 g/mol. The lowest BCUT2D eigenvalue weighted by molar-refractivity contribution is -0.134. The average Bonchev–Trinajstić information content (AvgIpc) is 3.17. The lowest BCUT2D eigenvalue weighted by Crippen LogP contribution is -2.14. The fraction of sp³-hybridized carbons (Fsp3) is 0.400. The number of nitrogens with two attached hydrogens (primary N) is 1. The Morgan fingerprint density at radius 3 is 3.09 bits per heavy atom. The molecule has 2 atom stereocenters. The van der Waals surface area contributed by atoms with Crippen molar-refractivity contribution >= 4 is 28.9 Å². The first-order chi connectivity index (χ1) is 11.1. The standard InChI is InChI=1S/C15H18N4O4/c1-22-12(21)5-2-9-6-19(11-4-3-10(7-20)23-11)15-13(9)14(16)17-8-18-15/h2,5-6,8,10-11,20H,3-4,7H2,1H3,(H2,16,17,18)/b5-2+/t10-,11?/m0/s1. The normalized spacial score (nSPS) is 21.3. The van der Waals surface area contributed by atoms with Gasteiger partial charge in [0, 0.05) is 17.8 Å². The molecule has 3 heterocycles. The summed E-state index contributed by atoms with van der Waals surface area (Å²) in [5.74, 6) is -0.131. The molecule has 3 rings (SSSR count). The largest absolute Gasteiger partial charge is 0.466 e. The van der Waals surface area contributed by atoms with Gasteiger partial charge in [0.15, 0.2) is 0 Å². The van der Waals surface area contributed by atoms with Crippen LogP contribution >= 0.6 is 0 Å². The number of carbonyl (C=O) groups excluding carboxylic acids is 1. The van der Waals surface area contributed by atoms with E-state index in [9.17, 15) is 9.90 Å². The van der Waals surface area contributed by atoms with Gasteiger partial charge < -0.3 is 24.9 Å². The Labute approximate surface area is 132 Å². The second-order valence-corrected chi connectivity index (χ2v) is 5.28. The number of rotatable bonds is 4. The molecule has 0 spiro atoms. The Balaban J connectivity index is 2.04. The molecule has 0 aliphatic carbocycles. The van der Waals surface area contributed by atoms with Crippen molar-refractivity contribution in [2.45, 2.75) is 25.2 Å². The zero-order valence-corrected chi connectivity index (χ0v) is 12.7. The van der Waals surface area contributed by atoms with Gasteiger partial charge in [0.25, 0.3) is 0 Å². The van der Waals surface area contributed by atoms with Gasteiger partial charge in [-0.25, -0.2) is 14.8 Å². The molecule has 122 valence electrons. The quantitative estimate of drug-likeness (QED) is 0.635. The molecule has 0 radical (unpaired) electrons. The first kappa shape index (κ1) is 15.4. The second kappa shape index (κ2) is 6.35. The topological polar surface area (TPSA) is 112 Å². The first-order valence-corrected chi connectivity index (χ1v) is 7.27. The van der Waals surface area contributed by atoms with Crippen LogP contribution in [-0.4, -0.2) is 45.4 Å². The van der Waals surface area contributed by atoms with Crippen LogP contribution in [0.1, 0.15) is 24.6 Å². The van der Waals surface area contributed by atoms with Gasteiger partial charge in [-0.15, -0.1) is 0 Å². The summed E-state index contributed by atoms with van der Waals surface area (Å²) >= 11 is 0. The molecule has 0 saturated carbocycles. The number of nitrogens with zero attached hydrogens (tertiary/aromatic N) is 3. The van der Waals surface area contributed by atoms with Crippen molar-refractivity contribution in [1.29, 1.82) is 0 Å². The van der Waals surface area contributed by atoms with Crippen LogP contribution in [0.25, 0.3) is 17.1 Å². The van der Waals surface area contributed by atoms with Crippen molar-refractivity contribution in [1.82, 2.24) is 14.5 Å². The molecule has 8 nitrogen and oxygen atoms in total. The van der Waals surface area contributed by atoms with Crippen molar-refractivity contribution in [2.24, 2.45) is 0 Å². The predicted octanol–water partition coefficient (Wildman–Crippen LogP) is 0.870. The fourth-order valence-corrected chi connectivity index (χ4v) is 2.74. The van der Waals surface area contributed by atoms with E-state index < -0.39 is 5.97 Å². The minimum absolute atomic E-state index is 0.0120. The highest BCUT2D eigenvalue weighted by molar-refractivity contribution is 5.97. The fourth-order valence-electron chi connectivity index (χ4n) is 2.74. The minimum atomic E-state index is -0.459. The van der Waals surface area contributed by atoms with E-state index in [1.54, 1.807) is 6.08 Å². The van der Waals surface area contributed by atoms with E-state index in [0.717, 1.165) is 12.8 Å². The van der Waals surface area contributed by atoms with E-state index in [0.29, 0.717) is 22.4 Å². The number of anilines is 1. The highest BCUT2D eigenvalue weighted by atomic mass is 16.5. The number of hydrogen-bond donors (Lipinski definition) is 2. The van der Waals surface area contributed by atoms with Crippen LogP contribution < -0.4 is 5.73 Å². The third kappa shape index (κ3) is 2.90. The maximum Gasteiger partial charge on any atom is 0.330 e. The molecule has 1 fully saturated rings. The van der Waals surface area contributed by atoms with Gasteiger partial charge in [-0.3, -0.25) is 0 Å². The minimum Gasteiger partial charge on any atom is -0.466 e. The summed E-state index contributed by atoms with van der Waals surface area (Å²) in [5.41, 5.74) is 7.30. The summed E-state index contributed by atoms with van der Waals surface area (Å²) in [7, 11) is 1.31. The summed E-state index contributed by atoms with van der Waals surface area (Å²) in [6.07, 6.45) is 7.27. The summed E-state index contributed by atoms with van der Waals surface area (Å²) in [6.45, 7) is -0.0120. The lowest BCUT2D eigenvalue weighted by Gasteiger charge is -2.14. The van der Waals surface area contributed by atoms with Gasteiger partial charge >= 0.3 is 5.97 Å². The van der Waals surface area contributed by atoms with Crippen molar-refractivity contribution in [3.63, 3.8) is 0 Å². The van der Waals surface area contributed by atoms with Crippen LogP contribution in [-0.2, 0) is 14.3 Å². The molecule has 1 aliphatic rings. The number of aliphatic hydroxyl groups excluding tert-OH is 1. The number of aliphatic hydroxyl groups is 1. The van der Waals surface area contributed by atoms with Crippen LogP contribution in [0.4, 0.5) is 5.82 Å². The van der Waals surface area contributed by atoms with Crippen LogP contribution in [0.5, 0.6) is 0 Å². The van der Waals surface area contributed by atoms with Crippen LogP contribution in [0.3, 0.4) is 0 Å². The summed E-state index contributed by atoms with van der Waals surface area (Å²) in [6, 6.07) is 0. The number of esters is 1. The van der Waals surface area contributed by atoms with Crippen LogP contribution in [0, 0.1) is 0 Å². The average molecular weight is 318 g/mol. The maximum atomic E-state index is 11.3. The third-order valence-electron chi connectivity index (χ3n) is 3.87. The molecule has 2 aromatic heterocycles.